The Kier molecular flexibility index (Phi) is 7.75. The molecule has 0 saturated carbocycles. The number of furan rings is 1. The number of amides is 1. The van der Waals surface area contributed by atoms with Gasteiger partial charge in [0.1, 0.15) is 16.3 Å². The lowest BCUT2D eigenvalue weighted by atomic mass is 10.2. The van der Waals surface area contributed by atoms with E-state index < -0.39 is 11.9 Å². The summed E-state index contributed by atoms with van der Waals surface area (Å²) in [5.74, 6) is -0.656. The van der Waals surface area contributed by atoms with E-state index >= 15 is 0 Å². The third kappa shape index (κ3) is 5.40. The van der Waals surface area contributed by atoms with Gasteiger partial charge in [0.15, 0.2) is 5.76 Å². The van der Waals surface area contributed by atoms with Crippen molar-refractivity contribution in [1.82, 2.24) is 5.43 Å². The second kappa shape index (κ2) is 10.7. The standard InChI is InChI=1S/C22H19Cl2N3O5/c1-3-31-22(29)18-19(24)17(32-21(18)26-14-10-8-13(23)9-11-14)12-25-27-20(28)15-6-4-5-7-16(15)30-2/h4-12,26H,3H2,1-2H3,(H,27,28)/b25-12-. The number of carbonyl (C=O) groups is 2. The summed E-state index contributed by atoms with van der Waals surface area (Å²) < 4.78 is 15.9. The Hall–Kier alpha value is -3.49. The lowest BCUT2D eigenvalue weighted by molar-refractivity contribution is 0.0527. The van der Waals surface area contributed by atoms with Gasteiger partial charge in [-0.05, 0) is 43.3 Å². The molecule has 166 valence electrons. The highest BCUT2D eigenvalue weighted by Gasteiger charge is 2.25. The first-order valence-electron chi connectivity index (χ1n) is 9.43. The predicted octanol–water partition coefficient (Wildman–Crippen LogP) is 5.28. The van der Waals surface area contributed by atoms with Crippen LogP contribution in [-0.2, 0) is 4.74 Å². The second-order valence-electron chi connectivity index (χ2n) is 6.24. The number of rotatable bonds is 8. The molecule has 0 spiro atoms. The molecule has 2 aromatic carbocycles. The number of anilines is 2. The Morgan fingerprint density at radius 3 is 2.53 bits per heavy atom. The smallest absolute Gasteiger partial charge is 0.345 e. The summed E-state index contributed by atoms with van der Waals surface area (Å²) in [5, 5.41) is 7.38. The summed E-state index contributed by atoms with van der Waals surface area (Å²) in [5.41, 5.74) is 3.28. The maximum absolute atomic E-state index is 12.4. The van der Waals surface area contributed by atoms with Crippen LogP contribution in [-0.4, -0.2) is 31.8 Å². The highest BCUT2D eigenvalue weighted by Crippen LogP contribution is 2.34. The molecule has 0 radical (unpaired) electrons. The van der Waals surface area contributed by atoms with Gasteiger partial charge in [0, 0.05) is 10.7 Å². The van der Waals surface area contributed by atoms with Gasteiger partial charge in [-0.2, -0.15) is 5.10 Å². The molecular weight excluding hydrogens is 457 g/mol. The summed E-state index contributed by atoms with van der Waals surface area (Å²) in [6, 6.07) is 13.4. The highest BCUT2D eigenvalue weighted by molar-refractivity contribution is 6.36. The fourth-order valence-corrected chi connectivity index (χ4v) is 3.07. The van der Waals surface area contributed by atoms with Crippen LogP contribution in [0.15, 0.2) is 58.0 Å². The van der Waals surface area contributed by atoms with Crippen LogP contribution in [0.5, 0.6) is 5.75 Å². The molecule has 0 atom stereocenters. The molecule has 0 aliphatic carbocycles. The number of benzene rings is 2. The first kappa shape index (κ1) is 23.2. The van der Waals surface area contributed by atoms with Crippen LogP contribution in [0.3, 0.4) is 0 Å². The molecule has 0 aliphatic rings. The number of nitrogens with zero attached hydrogens (tertiary/aromatic N) is 1. The van der Waals surface area contributed by atoms with Crippen LogP contribution in [0.4, 0.5) is 11.6 Å². The maximum atomic E-state index is 12.4. The SMILES string of the molecule is CCOC(=O)c1c(Nc2ccc(Cl)cc2)oc(/C=N\NC(=O)c2ccccc2OC)c1Cl. The number of hydrogen-bond donors (Lipinski definition) is 2. The number of halogens is 2. The molecule has 1 amide bonds. The van der Waals surface area contributed by atoms with Gasteiger partial charge in [0.05, 0.1) is 25.5 Å². The van der Waals surface area contributed by atoms with Gasteiger partial charge in [-0.25, -0.2) is 10.2 Å². The van der Waals surface area contributed by atoms with E-state index in [1.54, 1.807) is 55.5 Å². The van der Waals surface area contributed by atoms with E-state index in [1.165, 1.54) is 13.3 Å². The number of methoxy groups -OCH3 is 1. The van der Waals surface area contributed by atoms with Crippen LogP contribution >= 0.6 is 23.2 Å². The minimum atomic E-state index is -0.671. The van der Waals surface area contributed by atoms with Crippen LogP contribution in [0.25, 0.3) is 0 Å². The fraction of sp³-hybridized carbons (Fsp3) is 0.136. The molecule has 3 rings (SSSR count). The van der Waals surface area contributed by atoms with Gasteiger partial charge in [-0.3, -0.25) is 4.79 Å². The average molecular weight is 476 g/mol. The minimum absolute atomic E-state index is 0.000900. The van der Waals surface area contributed by atoms with Crippen molar-refractivity contribution in [3.05, 3.63) is 75.5 Å². The van der Waals surface area contributed by atoms with Gasteiger partial charge in [0.2, 0.25) is 5.88 Å². The second-order valence-corrected chi connectivity index (χ2v) is 7.05. The molecular formula is C22H19Cl2N3O5. The quantitative estimate of drug-likeness (QED) is 0.261. The van der Waals surface area contributed by atoms with Crippen LogP contribution in [0.2, 0.25) is 10.0 Å². The molecule has 0 saturated heterocycles. The molecule has 0 bridgehead atoms. The fourth-order valence-electron chi connectivity index (χ4n) is 2.69. The zero-order chi connectivity index (χ0) is 23.1. The lowest BCUT2D eigenvalue weighted by Gasteiger charge is -2.06. The van der Waals surface area contributed by atoms with Gasteiger partial charge in [-0.1, -0.05) is 35.3 Å². The Labute approximate surface area is 194 Å². The van der Waals surface area contributed by atoms with E-state index in [-0.39, 0.29) is 28.8 Å². The molecule has 3 aromatic rings. The maximum Gasteiger partial charge on any atom is 0.345 e. The Balaban J connectivity index is 1.85. The Morgan fingerprint density at radius 2 is 1.84 bits per heavy atom. The van der Waals surface area contributed by atoms with E-state index in [0.29, 0.717) is 22.0 Å². The summed E-state index contributed by atoms with van der Waals surface area (Å²) in [6.07, 6.45) is 1.19. The van der Waals surface area contributed by atoms with Crippen molar-refractivity contribution in [3.8, 4) is 5.75 Å². The summed E-state index contributed by atoms with van der Waals surface area (Å²) in [4.78, 5) is 24.8. The van der Waals surface area contributed by atoms with E-state index in [9.17, 15) is 9.59 Å². The van der Waals surface area contributed by atoms with Crippen molar-refractivity contribution in [2.75, 3.05) is 19.0 Å². The molecule has 8 nitrogen and oxygen atoms in total. The largest absolute Gasteiger partial charge is 0.496 e. The van der Waals surface area contributed by atoms with Crippen LogP contribution in [0, 0.1) is 0 Å². The zero-order valence-electron chi connectivity index (χ0n) is 17.1. The average Bonchev–Trinajstić information content (AvgIpc) is 3.10. The number of nitrogens with one attached hydrogen (secondary N) is 2. The van der Waals surface area contributed by atoms with Crippen molar-refractivity contribution >= 4 is 52.9 Å². The molecule has 10 heteroatoms. The number of hydrazone groups is 1. The van der Waals surface area contributed by atoms with Crippen molar-refractivity contribution in [1.29, 1.82) is 0 Å². The summed E-state index contributed by atoms with van der Waals surface area (Å²) >= 11 is 12.3. The third-order valence-electron chi connectivity index (χ3n) is 4.16. The summed E-state index contributed by atoms with van der Waals surface area (Å²) in [7, 11) is 1.46. The minimum Gasteiger partial charge on any atom is -0.496 e. The lowest BCUT2D eigenvalue weighted by Crippen LogP contribution is -2.18. The molecule has 0 unspecified atom stereocenters. The monoisotopic (exact) mass is 475 g/mol. The van der Waals surface area contributed by atoms with E-state index in [0.717, 1.165) is 0 Å². The molecule has 0 fully saturated rings. The number of esters is 1. The Bertz CT molecular complexity index is 1140. The number of carbonyl (C=O) groups excluding carboxylic acids is 2. The Morgan fingerprint density at radius 1 is 1.12 bits per heavy atom. The van der Waals surface area contributed by atoms with Gasteiger partial charge >= 0.3 is 5.97 Å². The first-order valence-corrected chi connectivity index (χ1v) is 10.2. The zero-order valence-corrected chi connectivity index (χ0v) is 18.7. The highest BCUT2D eigenvalue weighted by atomic mass is 35.5. The van der Waals surface area contributed by atoms with Crippen molar-refractivity contribution in [2.24, 2.45) is 5.10 Å². The first-order chi connectivity index (χ1) is 15.4. The predicted molar refractivity (Wildman–Crippen MR) is 122 cm³/mol. The number of para-hydroxylation sites is 1. The van der Waals surface area contributed by atoms with Crippen LogP contribution < -0.4 is 15.5 Å². The number of hydrogen-bond acceptors (Lipinski definition) is 7. The molecule has 2 N–H and O–H groups in total. The molecule has 1 aromatic heterocycles. The van der Waals surface area contributed by atoms with E-state index in [2.05, 4.69) is 15.8 Å². The van der Waals surface area contributed by atoms with Gasteiger partial charge in [0.25, 0.3) is 5.91 Å². The van der Waals surface area contributed by atoms with Gasteiger partial charge < -0.3 is 19.2 Å². The van der Waals surface area contributed by atoms with Crippen LogP contribution in [0.1, 0.15) is 33.4 Å². The van der Waals surface area contributed by atoms with Crippen molar-refractivity contribution < 1.29 is 23.5 Å². The number of ether oxygens (including phenoxy) is 2. The molecule has 0 aliphatic heterocycles. The third-order valence-corrected chi connectivity index (χ3v) is 4.78. The van der Waals surface area contributed by atoms with E-state index in [4.69, 9.17) is 37.1 Å². The molecule has 32 heavy (non-hydrogen) atoms. The topological polar surface area (TPSA) is 102 Å². The van der Waals surface area contributed by atoms with Crippen molar-refractivity contribution in [3.63, 3.8) is 0 Å². The normalized spacial score (nSPS) is 10.8. The molecule has 1 heterocycles. The van der Waals surface area contributed by atoms with Gasteiger partial charge in [-0.15, -0.1) is 0 Å². The summed E-state index contributed by atoms with van der Waals surface area (Å²) in [6.45, 7) is 1.83. The van der Waals surface area contributed by atoms with E-state index in [1.807, 2.05) is 0 Å². The van der Waals surface area contributed by atoms with Crippen molar-refractivity contribution in [2.45, 2.75) is 6.92 Å².